The fourth-order valence-electron chi connectivity index (χ4n) is 2.14. The molecule has 0 aliphatic rings. The zero-order valence-electron chi connectivity index (χ0n) is 11.8. The van der Waals surface area contributed by atoms with Gasteiger partial charge in [0.05, 0.1) is 13.7 Å². The monoisotopic (exact) mass is 317 g/mol. The second-order valence-corrected chi connectivity index (χ2v) is 4.54. The molecular weight excluding hydrogens is 303 g/mol. The Labute approximate surface area is 123 Å². The SMILES string of the molecule is CCOC(=O)C(O)(c1c[nH]c2ccc(OC)cc12)C(F)(F)F. The number of H-pyrrole nitrogens is 1. The van der Waals surface area contributed by atoms with Gasteiger partial charge in [-0.1, -0.05) is 0 Å². The van der Waals surface area contributed by atoms with Gasteiger partial charge in [-0.3, -0.25) is 0 Å². The molecule has 8 heteroatoms. The minimum atomic E-state index is -5.24. The highest BCUT2D eigenvalue weighted by Crippen LogP contribution is 2.43. The summed E-state index contributed by atoms with van der Waals surface area (Å²) in [6.07, 6.45) is -4.30. The molecule has 1 atom stereocenters. The smallest absolute Gasteiger partial charge is 0.432 e. The van der Waals surface area contributed by atoms with Crippen molar-refractivity contribution in [2.24, 2.45) is 0 Å². The quantitative estimate of drug-likeness (QED) is 0.850. The number of aliphatic hydroxyl groups is 1. The molecule has 0 saturated heterocycles. The summed E-state index contributed by atoms with van der Waals surface area (Å²) < 4.78 is 49.4. The van der Waals surface area contributed by atoms with Gasteiger partial charge in [-0.05, 0) is 25.1 Å². The molecular formula is C14H14F3NO4. The predicted molar refractivity (Wildman–Crippen MR) is 71.4 cm³/mol. The third kappa shape index (κ3) is 2.39. The van der Waals surface area contributed by atoms with E-state index >= 15 is 0 Å². The number of carbonyl (C=O) groups excluding carboxylic acids is 1. The van der Waals surface area contributed by atoms with Gasteiger partial charge < -0.3 is 19.6 Å². The Morgan fingerprint density at radius 3 is 2.59 bits per heavy atom. The van der Waals surface area contributed by atoms with Crippen LogP contribution in [0.25, 0.3) is 10.9 Å². The maximum Gasteiger partial charge on any atom is 0.432 e. The van der Waals surface area contributed by atoms with Gasteiger partial charge >= 0.3 is 12.1 Å². The number of alkyl halides is 3. The molecule has 2 N–H and O–H groups in total. The second-order valence-electron chi connectivity index (χ2n) is 4.54. The average molecular weight is 317 g/mol. The highest BCUT2D eigenvalue weighted by atomic mass is 19.4. The first-order chi connectivity index (χ1) is 10.3. The average Bonchev–Trinajstić information content (AvgIpc) is 2.88. The summed E-state index contributed by atoms with van der Waals surface area (Å²) in [6.45, 7) is 1.07. The van der Waals surface area contributed by atoms with Gasteiger partial charge in [0.1, 0.15) is 5.75 Å². The summed E-state index contributed by atoms with van der Waals surface area (Å²) in [6, 6.07) is 4.33. The van der Waals surface area contributed by atoms with Crippen LogP contribution in [-0.4, -0.2) is 36.0 Å². The van der Waals surface area contributed by atoms with E-state index in [1.807, 2.05) is 0 Å². The Bertz CT molecular complexity index is 695. The maximum absolute atomic E-state index is 13.4. The van der Waals surface area contributed by atoms with Crippen molar-refractivity contribution in [1.82, 2.24) is 4.98 Å². The largest absolute Gasteiger partial charge is 0.497 e. The molecule has 0 spiro atoms. The van der Waals surface area contributed by atoms with Gasteiger partial charge in [0, 0.05) is 22.7 Å². The number of hydrogen-bond donors (Lipinski definition) is 2. The number of rotatable bonds is 4. The van der Waals surface area contributed by atoms with Gasteiger partial charge in [0.25, 0.3) is 5.60 Å². The van der Waals surface area contributed by atoms with Crippen LogP contribution in [0.5, 0.6) is 5.75 Å². The van der Waals surface area contributed by atoms with E-state index in [1.165, 1.54) is 26.2 Å². The van der Waals surface area contributed by atoms with E-state index in [-0.39, 0.29) is 12.0 Å². The number of esters is 1. The first kappa shape index (κ1) is 16.2. The summed E-state index contributed by atoms with van der Waals surface area (Å²) in [5, 5.41) is 10.1. The molecule has 1 aromatic heterocycles. The van der Waals surface area contributed by atoms with Gasteiger partial charge in [-0.15, -0.1) is 0 Å². The Morgan fingerprint density at radius 1 is 1.36 bits per heavy atom. The van der Waals surface area contributed by atoms with Crippen molar-refractivity contribution in [1.29, 1.82) is 0 Å². The summed E-state index contributed by atoms with van der Waals surface area (Å²) in [5.74, 6) is -1.48. The molecule has 0 aliphatic carbocycles. The van der Waals surface area contributed by atoms with Crippen LogP contribution in [-0.2, 0) is 15.1 Å². The standard InChI is InChI=1S/C14H14F3NO4/c1-3-22-12(19)13(20,14(15,16)17)10-7-18-11-5-4-8(21-2)6-9(10)11/h4-7,18,20H,3H2,1-2H3. The Balaban J connectivity index is 2.69. The fraction of sp³-hybridized carbons (Fsp3) is 0.357. The second kappa shape index (κ2) is 5.53. The summed E-state index contributed by atoms with van der Waals surface area (Å²) in [4.78, 5) is 14.4. The maximum atomic E-state index is 13.4. The third-order valence-electron chi connectivity index (χ3n) is 3.26. The van der Waals surface area contributed by atoms with Gasteiger partial charge in [0.2, 0.25) is 0 Å². The van der Waals surface area contributed by atoms with Crippen LogP contribution < -0.4 is 4.74 Å². The molecule has 22 heavy (non-hydrogen) atoms. The molecule has 0 aliphatic heterocycles. The minimum Gasteiger partial charge on any atom is -0.497 e. The van der Waals surface area contributed by atoms with E-state index in [0.29, 0.717) is 11.3 Å². The lowest BCUT2D eigenvalue weighted by Gasteiger charge is -2.27. The van der Waals surface area contributed by atoms with Crippen molar-refractivity contribution in [3.63, 3.8) is 0 Å². The molecule has 0 bridgehead atoms. The van der Waals surface area contributed by atoms with Crippen molar-refractivity contribution in [2.45, 2.75) is 18.7 Å². The number of hydrogen-bond acceptors (Lipinski definition) is 4. The van der Waals surface area contributed by atoms with E-state index in [0.717, 1.165) is 6.20 Å². The van der Waals surface area contributed by atoms with Gasteiger partial charge in [-0.25, -0.2) is 4.79 Å². The topological polar surface area (TPSA) is 71.5 Å². The number of aromatic nitrogens is 1. The van der Waals surface area contributed by atoms with Crippen molar-refractivity contribution in [2.75, 3.05) is 13.7 Å². The van der Waals surface area contributed by atoms with Gasteiger partial charge in [0.15, 0.2) is 0 Å². The van der Waals surface area contributed by atoms with Crippen molar-refractivity contribution < 1.29 is 32.5 Å². The number of carbonyl (C=O) groups is 1. The number of benzene rings is 1. The van der Waals surface area contributed by atoms with E-state index in [9.17, 15) is 23.1 Å². The van der Waals surface area contributed by atoms with Crippen LogP contribution in [0.2, 0.25) is 0 Å². The summed E-state index contributed by atoms with van der Waals surface area (Å²) in [5.41, 5.74) is -4.07. The molecule has 0 radical (unpaired) electrons. The first-order valence-corrected chi connectivity index (χ1v) is 6.37. The lowest BCUT2D eigenvalue weighted by molar-refractivity contribution is -0.267. The zero-order chi connectivity index (χ0) is 16.5. The van der Waals surface area contributed by atoms with Crippen LogP contribution in [0.3, 0.4) is 0 Å². The first-order valence-electron chi connectivity index (χ1n) is 6.37. The van der Waals surface area contributed by atoms with Crippen LogP contribution in [0.15, 0.2) is 24.4 Å². The number of ether oxygens (including phenoxy) is 2. The number of halogens is 3. The third-order valence-corrected chi connectivity index (χ3v) is 3.26. The summed E-state index contributed by atoms with van der Waals surface area (Å²) in [7, 11) is 1.36. The van der Waals surface area contributed by atoms with E-state index < -0.39 is 23.3 Å². The van der Waals surface area contributed by atoms with E-state index in [4.69, 9.17) is 4.74 Å². The summed E-state index contributed by atoms with van der Waals surface area (Å²) >= 11 is 0. The van der Waals surface area contributed by atoms with Gasteiger partial charge in [-0.2, -0.15) is 13.2 Å². The lowest BCUT2D eigenvalue weighted by Crippen LogP contribution is -2.50. The predicted octanol–water partition coefficient (Wildman–Crippen LogP) is 2.49. The van der Waals surface area contributed by atoms with Crippen molar-refractivity contribution >= 4 is 16.9 Å². The molecule has 0 fully saturated rings. The van der Waals surface area contributed by atoms with Crippen molar-refractivity contribution in [3.8, 4) is 5.75 Å². The van der Waals surface area contributed by atoms with Crippen LogP contribution >= 0.6 is 0 Å². The Kier molecular flexibility index (Phi) is 4.06. The molecule has 2 rings (SSSR count). The van der Waals surface area contributed by atoms with Crippen LogP contribution in [0, 0.1) is 0 Å². The zero-order valence-corrected chi connectivity index (χ0v) is 11.8. The molecule has 1 heterocycles. The van der Waals surface area contributed by atoms with Crippen LogP contribution in [0.4, 0.5) is 13.2 Å². The number of nitrogens with one attached hydrogen (secondary N) is 1. The fourth-order valence-corrected chi connectivity index (χ4v) is 2.14. The molecule has 1 unspecified atom stereocenters. The molecule has 0 saturated carbocycles. The van der Waals surface area contributed by atoms with Crippen LogP contribution in [0.1, 0.15) is 12.5 Å². The molecule has 2 aromatic rings. The number of methoxy groups -OCH3 is 1. The lowest BCUT2D eigenvalue weighted by atomic mass is 9.92. The molecule has 5 nitrogen and oxygen atoms in total. The number of fused-ring (bicyclic) bond motifs is 1. The highest BCUT2D eigenvalue weighted by molar-refractivity contribution is 5.93. The van der Waals surface area contributed by atoms with E-state index in [2.05, 4.69) is 9.72 Å². The highest BCUT2D eigenvalue weighted by Gasteiger charge is 2.63. The Hall–Kier alpha value is -2.22. The van der Waals surface area contributed by atoms with Crippen molar-refractivity contribution in [3.05, 3.63) is 30.0 Å². The molecule has 1 aromatic carbocycles. The minimum absolute atomic E-state index is 0.0206. The van der Waals surface area contributed by atoms with E-state index in [1.54, 1.807) is 6.07 Å². The number of aromatic amines is 1. The molecule has 120 valence electrons. The Morgan fingerprint density at radius 2 is 2.05 bits per heavy atom. The normalized spacial score (nSPS) is 14.6. The molecule has 0 amide bonds.